The Labute approximate surface area is 818 Å². The maximum atomic E-state index is 5.77. The van der Waals surface area contributed by atoms with Gasteiger partial charge in [0.05, 0.1) is 32.0 Å². The summed E-state index contributed by atoms with van der Waals surface area (Å²) in [6, 6.07) is 17.8. The molecule has 7 saturated heterocycles. The van der Waals surface area contributed by atoms with Crippen LogP contribution in [0.1, 0.15) is 372 Å². The summed E-state index contributed by atoms with van der Waals surface area (Å²) in [7, 11) is 4.08. The first-order chi connectivity index (χ1) is 63.9. The lowest BCUT2D eigenvalue weighted by atomic mass is 9.84. The van der Waals surface area contributed by atoms with Crippen molar-refractivity contribution in [2.24, 2.45) is 41.4 Å². The van der Waals surface area contributed by atoms with Crippen LogP contribution in [0.15, 0.2) is 111 Å². The minimum absolute atomic E-state index is 0.175. The van der Waals surface area contributed by atoms with E-state index < -0.39 is 0 Å². The van der Waals surface area contributed by atoms with Crippen LogP contribution in [0.5, 0.6) is 0 Å². The fourth-order valence-corrected chi connectivity index (χ4v) is 23.2. The standard InChI is InChI=1S/C22H36N2O.2C21H34N2.C20H32N2O2.C19H30N2.C16H26N2/c1-22(2,3)19-14-18(15-23-16-19)13-17-9-11-24(12-10-17)20-5-7-21(25-4)8-6-20;1-16-6-5-7-20(16)23-10-8-17(9-11-23)12-18-13-19(15-22-14-18)21(2,3)4;1-21(2,3)19-14-18(15-22-16-19)13-17-9-11-23(12-10-17)20-7-5-4-6-8-20;1-20(2,3)18-11-17(12-21-13-18)10-16-4-6-22(7-5-16)14-19-15-23-8-9-24-19;1-19(2,3)17-12-16(13-20-14-17)11-15-7-9-21(10-8-15)18-5-4-6-18;1-16(2,3)15-10-14(11-17-12-15)9-13-5-7-18(4)8-6-13/h14-17,20-21H,5-13H2,1-4H3;13-17,20H,5-12H2,1-4H3;14-17,20H,4-13H2,1-3H3;11-13,16,19H,4-10,14-15H2,1-3H3;12-15,18H,4-11H2,1-3H3;10-13H,5-9H2,1-4H3. The molecule has 11 fully saturated rings. The first-order valence-corrected chi connectivity index (χ1v) is 54.6. The highest BCUT2D eigenvalue weighted by Crippen LogP contribution is 2.39. The molecule has 13 heterocycles. The molecule has 17 rings (SSSR count). The summed E-state index contributed by atoms with van der Waals surface area (Å²) >= 11 is 0. The monoisotopic (exact) mass is 1840 g/mol. The fraction of sp³-hybridized carbons (Fsp3) is 0.748. The Hall–Kier alpha value is -5.46. The molecule has 0 amide bonds. The second-order valence-electron chi connectivity index (χ2n) is 50.2. The van der Waals surface area contributed by atoms with Gasteiger partial charge in [0.25, 0.3) is 0 Å². The third-order valence-corrected chi connectivity index (χ3v) is 33.1. The quantitative estimate of drug-likeness (QED) is 0.0763. The first-order valence-electron chi connectivity index (χ1n) is 54.6. The van der Waals surface area contributed by atoms with Gasteiger partial charge in [0.15, 0.2) is 0 Å². The van der Waals surface area contributed by atoms with Crippen molar-refractivity contribution >= 4 is 0 Å². The van der Waals surface area contributed by atoms with E-state index in [0.29, 0.717) is 6.10 Å². The van der Waals surface area contributed by atoms with Crippen LogP contribution in [0.2, 0.25) is 0 Å². The molecule has 11 aliphatic rings. The van der Waals surface area contributed by atoms with E-state index in [1.54, 1.807) is 0 Å². The maximum absolute atomic E-state index is 5.77. The summed E-state index contributed by atoms with van der Waals surface area (Å²) in [6.07, 6.45) is 69.7. The molecule has 4 aliphatic carbocycles. The zero-order valence-electron chi connectivity index (χ0n) is 89.1. The number of methoxy groups -OCH3 is 1. The number of hydrogen-bond donors (Lipinski definition) is 0. The Balaban J connectivity index is 0.000000145. The van der Waals surface area contributed by atoms with Gasteiger partial charge in [0, 0.05) is 112 Å². The normalized spacial score (nSPS) is 23.9. The smallest absolute Gasteiger partial charge is 0.0936 e. The highest BCUT2D eigenvalue weighted by molar-refractivity contribution is 5.30. The molecule has 0 N–H and O–H groups in total. The van der Waals surface area contributed by atoms with E-state index >= 15 is 0 Å². The number of rotatable bonds is 19. The van der Waals surface area contributed by atoms with Crippen molar-refractivity contribution in [1.29, 1.82) is 0 Å². The molecule has 3 unspecified atom stereocenters. The Bertz CT molecular complexity index is 4320. The number of pyridine rings is 6. The van der Waals surface area contributed by atoms with Crippen LogP contribution in [0.25, 0.3) is 0 Å². The van der Waals surface area contributed by atoms with Crippen LogP contribution in [-0.2, 0) is 85.2 Å². The van der Waals surface area contributed by atoms with E-state index in [0.717, 1.165) is 98.4 Å². The van der Waals surface area contributed by atoms with Gasteiger partial charge in [-0.05, 0) is 406 Å². The molecule has 746 valence electrons. The van der Waals surface area contributed by atoms with E-state index in [-0.39, 0.29) is 38.6 Å². The molecule has 4 saturated carbocycles. The predicted molar refractivity (Wildman–Crippen MR) is 561 cm³/mol. The Morgan fingerprint density at radius 3 is 0.836 bits per heavy atom. The molecule has 15 nitrogen and oxygen atoms in total. The van der Waals surface area contributed by atoms with E-state index in [2.05, 4.69) is 265 Å². The van der Waals surface area contributed by atoms with Gasteiger partial charge in [-0.2, -0.15) is 0 Å². The van der Waals surface area contributed by atoms with Crippen molar-refractivity contribution in [3.8, 4) is 0 Å². The Morgan fingerprint density at radius 1 is 0.299 bits per heavy atom. The lowest BCUT2D eigenvalue weighted by molar-refractivity contribution is -0.0993. The molecular formula is C119H192N12O3. The number of piperidine rings is 6. The predicted octanol–water partition coefficient (Wildman–Crippen LogP) is 24.9. The molecule has 0 spiro atoms. The van der Waals surface area contributed by atoms with Crippen molar-refractivity contribution in [2.45, 2.75) is 412 Å². The number of hydrogen-bond acceptors (Lipinski definition) is 15. The van der Waals surface area contributed by atoms with Gasteiger partial charge in [-0.3, -0.25) is 29.9 Å². The zero-order valence-corrected chi connectivity index (χ0v) is 89.1. The molecule has 3 atom stereocenters. The number of aromatic nitrogens is 6. The molecule has 7 aliphatic heterocycles. The van der Waals surface area contributed by atoms with Crippen LogP contribution in [0, 0.1) is 41.4 Å². The Kier molecular flexibility index (Phi) is 41.1. The first kappa shape index (κ1) is 107. The zero-order chi connectivity index (χ0) is 95.6. The van der Waals surface area contributed by atoms with Crippen molar-refractivity contribution in [3.05, 3.63) is 178 Å². The molecule has 6 aromatic heterocycles. The second kappa shape index (κ2) is 51.3. The summed E-state index contributed by atoms with van der Waals surface area (Å²) in [5, 5.41) is 0. The van der Waals surface area contributed by atoms with Crippen molar-refractivity contribution in [3.63, 3.8) is 0 Å². The maximum Gasteiger partial charge on any atom is 0.0936 e. The Morgan fingerprint density at radius 2 is 0.575 bits per heavy atom. The molecule has 0 bridgehead atoms. The van der Waals surface area contributed by atoms with Crippen molar-refractivity contribution < 1.29 is 14.2 Å². The van der Waals surface area contributed by atoms with Gasteiger partial charge in [-0.15, -0.1) is 0 Å². The van der Waals surface area contributed by atoms with E-state index in [1.165, 1.54) is 351 Å². The fourth-order valence-electron chi connectivity index (χ4n) is 23.2. The van der Waals surface area contributed by atoms with Gasteiger partial charge in [-0.25, -0.2) is 0 Å². The molecule has 0 aromatic carbocycles. The average Bonchev–Trinajstić information content (AvgIpc) is 1.26. The van der Waals surface area contributed by atoms with Crippen molar-refractivity contribution in [1.82, 2.24) is 59.3 Å². The van der Waals surface area contributed by atoms with Gasteiger partial charge in [-0.1, -0.05) is 200 Å². The topological polar surface area (TPSA) is 124 Å². The summed E-state index contributed by atoms with van der Waals surface area (Å²) in [5.74, 6) is 5.92. The largest absolute Gasteiger partial charge is 0.381 e. The third kappa shape index (κ3) is 35.0. The summed E-state index contributed by atoms with van der Waals surface area (Å²) < 4.78 is 16.8. The van der Waals surface area contributed by atoms with Gasteiger partial charge in [0.2, 0.25) is 0 Å². The van der Waals surface area contributed by atoms with Gasteiger partial charge < -0.3 is 43.6 Å². The second-order valence-corrected chi connectivity index (χ2v) is 50.2. The molecule has 6 aromatic rings. The minimum atomic E-state index is 0.175. The highest BCUT2D eigenvalue weighted by Gasteiger charge is 2.36. The third-order valence-electron chi connectivity index (χ3n) is 33.1. The summed E-state index contributed by atoms with van der Waals surface area (Å²) in [4.78, 5) is 42.9. The number of ether oxygens (including phenoxy) is 3. The van der Waals surface area contributed by atoms with Crippen molar-refractivity contribution in [2.75, 3.05) is 119 Å². The lowest BCUT2D eigenvalue weighted by Crippen LogP contribution is -2.45. The van der Waals surface area contributed by atoms with Crippen LogP contribution in [0.3, 0.4) is 0 Å². The average molecular weight is 1840 g/mol. The molecule has 15 heteroatoms. The molecular weight excluding hydrogens is 1650 g/mol. The summed E-state index contributed by atoms with van der Waals surface area (Å²) in [6.45, 7) is 61.8. The van der Waals surface area contributed by atoms with E-state index in [9.17, 15) is 0 Å². The number of nitrogens with zero attached hydrogens (tertiary/aromatic N) is 12. The van der Waals surface area contributed by atoms with Gasteiger partial charge >= 0.3 is 0 Å². The van der Waals surface area contributed by atoms with Crippen LogP contribution < -0.4 is 0 Å². The van der Waals surface area contributed by atoms with Crippen LogP contribution in [-0.4, -0.2) is 215 Å². The summed E-state index contributed by atoms with van der Waals surface area (Å²) in [5.41, 5.74) is 17.9. The molecule has 134 heavy (non-hydrogen) atoms. The van der Waals surface area contributed by atoms with Gasteiger partial charge in [0.1, 0.15) is 0 Å². The lowest BCUT2D eigenvalue weighted by Gasteiger charge is -2.41. The minimum Gasteiger partial charge on any atom is -0.381 e. The van der Waals surface area contributed by atoms with Crippen LogP contribution >= 0.6 is 0 Å². The van der Waals surface area contributed by atoms with E-state index in [4.69, 9.17) is 14.2 Å². The van der Waals surface area contributed by atoms with E-state index in [1.807, 2.05) is 50.5 Å². The SMILES string of the molecule is CC(C)(C)c1cncc(CC2CCN(C3CCC3)CC2)c1.CC(C)(C)c1cncc(CC2CCN(C3CCCCC3)CC2)c1.CC(C)(C)c1cncc(CC2CCN(CC3COCCO3)CC2)c1.CC1CCCC1N1CCC(Cc2cncc(C(C)(C)C)c2)CC1.CN1CCC(Cc2cncc(C(C)(C)C)c2)CC1.COC1CCC(N2CCC(Cc3cncc(C(C)(C)C)c3)CC2)CC1. The highest BCUT2D eigenvalue weighted by atomic mass is 16.6. The number of likely N-dealkylation sites (tertiary alicyclic amines) is 6. The molecule has 0 radical (unpaired) electrons. The van der Waals surface area contributed by atoms with Crippen LogP contribution in [0.4, 0.5) is 0 Å².